The van der Waals surface area contributed by atoms with Crippen molar-refractivity contribution in [1.82, 2.24) is 10.1 Å². The van der Waals surface area contributed by atoms with Crippen molar-refractivity contribution in [2.45, 2.75) is 39.7 Å². The molecule has 5 nitrogen and oxygen atoms in total. The van der Waals surface area contributed by atoms with Gasteiger partial charge in [-0.3, -0.25) is 0 Å². The molecule has 0 amide bonds. The van der Waals surface area contributed by atoms with E-state index >= 15 is 0 Å². The lowest BCUT2D eigenvalue weighted by molar-refractivity contribution is 0.0471. The van der Waals surface area contributed by atoms with E-state index < -0.39 is 0 Å². The third kappa shape index (κ3) is 4.10. The topological polar surface area (TPSA) is 65.2 Å². The van der Waals surface area contributed by atoms with Crippen LogP contribution in [0, 0.1) is 13.8 Å². The summed E-state index contributed by atoms with van der Waals surface area (Å²) in [4.78, 5) is 18.4. The minimum Gasteiger partial charge on any atom is -0.457 e. The van der Waals surface area contributed by atoms with Gasteiger partial charge in [-0.05, 0) is 68.0 Å². The number of rotatable bonds is 4. The molecular formula is C27H22Cl2N2O3. The fourth-order valence-electron chi connectivity index (χ4n) is 4.45. The van der Waals surface area contributed by atoms with E-state index in [-0.39, 0.29) is 12.6 Å². The van der Waals surface area contributed by atoms with Gasteiger partial charge in [0.05, 0.1) is 38.1 Å². The van der Waals surface area contributed by atoms with Crippen molar-refractivity contribution >= 4 is 51.7 Å². The number of hydrogen-bond acceptors (Lipinski definition) is 5. The molecule has 7 heteroatoms. The van der Waals surface area contributed by atoms with E-state index in [4.69, 9.17) is 37.4 Å². The highest BCUT2D eigenvalue weighted by atomic mass is 35.5. The van der Waals surface area contributed by atoms with E-state index in [1.165, 1.54) is 0 Å². The minimum atomic E-state index is -0.378. The van der Waals surface area contributed by atoms with Crippen LogP contribution in [0.1, 0.15) is 57.0 Å². The van der Waals surface area contributed by atoms with Crippen LogP contribution in [0.4, 0.5) is 0 Å². The molecule has 0 radical (unpaired) electrons. The molecule has 2 aromatic heterocycles. The molecule has 0 saturated carbocycles. The van der Waals surface area contributed by atoms with Gasteiger partial charge in [-0.25, -0.2) is 9.78 Å². The van der Waals surface area contributed by atoms with E-state index in [0.717, 1.165) is 63.8 Å². The van der Waals surface area contributed by atoms with Crippen molar-refractivity contribution < 1.29 is 14.1 Å². The smallest absolute Gasteiger partial charge is 0.339 e. The molecule has 172 valence electrons. The number of benzene rings is 2. The molecule has 0 fully saturated rings. The zero-order valence-electron chi connectivity index (χ0n) is 18.8. The number of hydrogen-bond donors (Lipinski definition) is 0. The number of pyridine rings is 1. The Labute approximate surface area is 207 Å². The van der Waals surface area contributed by atoms with Gasteiger partial charge in [0.1, 0.15) is 12.4 Å². The van der Waals surface area contributed by atoms with Crippen molar-refractivity contribution in [1.29, 1.82) is 0 Å². The number of carbonyl (C=O) groups excluding carboxylic acids is 1. The van der Waals surface area contributed by atoms with Crippen molar-refractivity contribution in [3.63, 3.8) is 0 Å². The summed E-state index contributed by atoms with van der Waals surface area (Å²) in [6.45, 7) is 3.75. The van der Waals surface area contributed by atoms with Crippen molar-refractivity contribution in [2.75, 3.05) is 0 Å². The van der Waals surface area contributed by atoms with Crippen LogP contribution in [0.5, 0.6) is 0 Å². The number of nitrogens with zero attached hydrogens (tertiary/aromatic N) is 2. The van der Waals surface area contributed by atoms with Gasteiger partial charge in [0.2, 0.25) is 0 Å². The molecule has 0 atom stereocenters. The van der Waals surface area contributed by atoms with Crippen LogP contribution >= 0.6 is 23.2 Å². The van der Waals surface area contributed by atoms with E-state index in [9.17, 15) is 4.79 Å². The first-order chi connectivity index (χ1) is 16.4. The number of halogens is 2. The minimum absolute atomic E-state index is 0.103. The summed E-state index contributed by atoms with van der Waals surface area (Å²) in [5, 5.41) is 5.74. The van der Waals surface area contributed by atoms with Crippen LogP contribution in [0.2, 0.25) is 10.0 Å². The second kappa shape index (κ2) is 9.24. The van der Waals surface area contributed by atoms with Gasteiger partial charge in [-0.2, -0.15) is 0 Å². The fraction of sp³-hybridized carbons (Fsp3) is 0.222. The zero-order chi connectivity index (χ0) is 23.8. The molecule has 2 aromatic carbocycles. The normalized spacial score (nSPS) is 14.4. The van der Waals surface area contributed by atoms with Crippen LogP contribution in [-0.2, 0) is 17.8 Å². The van der Waals surface area contributed by atoms with Crippen LogP contribution in [-0.4, -0.2) is 16.1 Å². The van der Waals surface area contributed by atoms with Gasteiger partial charge in [0.15, 0.2) is 0 Å². The Morgan fingerprint density at radius 1 is 1.12 bits per heavy atom. The SMILES string of the molecule is Cc1noc(C)c1COC(=O)c1c2c(nc3ccccc13)C(=Cc1cccc(Cl)c1Cl)CCC2. The average Bonchev–Trinajstić information content (AvgIpc) is 3.16. The highest BCUT2D eigenvalue weighted by Crippen LogP contribution is 2.38. The van der Waals surface area contributed by atoms with Crippen LogP contribution in [0.3, 0.4) is 0 Å². The Balaban J connectivity index is 1.61. The molecule has 0 bridgehead atoms. The average molecular weight is 493 g/mol. The number of allylic oxidation sites excluding steroid dienone is 1. The molecule has 2 heterocycles. The Morgan fingerprint density at radius 3 is 2.74 bits per heavy atom. The Kier molecular flexibility index (Phi) is 6.15. The monoisotopic (exact) mass is 492 g/mol. The highest BCUT2D eigenvalue weighted by Gasteiger charge is 2.26. The van der Waals surface area contributed by atoms with Crippen LogP contribution in [0.15, 0.2) is 47.0 Å². The maximum absolute atomic E-state index is 13.5. The summed E-state index contributed by atoms with van der Waals surface area (Å²) in [7, 11) is 0. The lowest BCUT2D eigenvalue weighted by atomic mass is 9.86. The molecule has 5 rings (SSSR count). The number of para-hydroxylation sites is 1. The number of ether oxygens (including phenoxy) is 1. The number of aryl methyl sites for hydroxylation is 2. The first-order valence-corrected chi connectivity index (χ1v) is 11.8. The Hall–Kier alpha value is -3.15. The summed E-state index contributed by atoms with van der Waals surface area (Å²) in [6, 6.07) is 13.2. The van der Waals surface area contributed by atoms with Gasteiger partial charge >= 0.3 is 5.97 Å². The van der Waals surface area contributed by atoms with Gasteiger partial charge < -0.3 is 9.26 Å². The molecule has 0 aliphatic heterocycles. The molecule has 1 aliphatic rings. The third-order valence-corrected chi connectivity index (χ3v) is 7.05. The summed E-state index contributed by atoms with van der Waals surface area (Å²) in [5.74, 6) is 0.271. The second-order valence-electron chi connectivity index (χ2n) is 8.38. The Bertz CT molecular complexity index is 1440. The van der Waals surface area contributed by atoms with Crippen LogP contribution in [0.25, 0.3) is 22.6 Å². The molecule has 0 N–H and O–H groups in total. The summed E-state index contributed by atoms with van der Waals surface area (Å²) >= 11 is 12.7. The summed E-state index contributed by atoms with van der Waals surface area (Å²) < 4.78 is 11.0. The standard InChI is InChI=1S/C27H22Cl2N2O3/c1-15-21(16(2)34-31-15)14-33-27(32)24-19-9-3-4-12-23(19)30-26-18(8-5-10-20(24)26)13-17-7-6-11-22(28)25(17)29/h3-4,6-7,9,11-13H,5,8,10,14H2,1-2H3. The molecule has 34 heavy (non-hydrogen) atoms. The molecule has 0 spiro atoms. The number of fused-ring (bicyclic) bond motifs is 2. The maximum atomic E-state index is 13.5. The third-order valence-electron chi connectivity index (χ3n) is 6.21. The Morgan fingerprint density at radius 2 is 1.94 bits per heavy atom. The molecule has 0 saturated heterocycles. The van der Waals surface area contributed by atoms with Crippen molar-refractivity contribution in [2.24, 2.45) is 0 Å². The van der Waals surface area contributed by atoms with Gasteiger partial charge in [0, 0.05) is 5.39 Å². The maximum Gasteiger partial charge on any atom is 0.339 e. The highest BCUT2D eigenvalue weighted by molar-refractivity contribution is 6.43. The number of aromatic nitrogens is 2. The predicted octanol–water partition coefficient (Wildman–Crippen LogP) is 7.38. The first-order valence-electron chi connectivity index (χ1n) is 11.1. The lowest BCUT2D eigenvalue weighted by Gasteiger charge is -2.22. The van der Waals surface area contributed by atoms with E-state index in [1.54, 1.807) is 6.07 Å². The van der Waals surface area contributed by atoms with Crippen molar-refractivity contribution in [3.05, 3.63) is 91.9 Å². The van der Waals surface area contributed by atoms with E-state index in [1.807, 2.05) is 56.3 Å². The fourth-order valence-corrected chi connectivity index (χ4v) is 4.81. The first kappa shape index (κ1) is 22.6. The molecule has 1 aliphatic carbocycles. The van der Waals surface area contributed by atoms with E-state index in [0.29, 0.717) is 21.4 Å². The van der Waals surface area contributed by atoms with Crippen LogP contribution < -0.4 is 0 Å². The quantitative estimate of drug-likeness (QED) is 0.278. The van der Waals surface area contributed by atoms with E-state index in [2.05, 4.69) is 5.16 Å². The van der Waals surface area contributed by atoms with Gasteiger partial charge in [0.25, 0.3) is 0 Å². The van der Waals surface area contributed by atoms with Gasteiger partial charge in [-0.15, -0.1) is 0 Å². The van der Waals surface area contributed by atoms with Crippen molar-refractivity contribution in [3.8, 4) is 0 Å². The largest absolute Gasteiger partial charge is 0.457 e. The molecular weight excluding hydrogens is 471 g/mol. The number of carbonyl (C=O) groups is 1. The molecule has 4 aromatic rings. The summed E-state index contributed by atoms with van der Waals surface area (Å²) in [5.41, 5.74) is 6.38. The second-order valence-corrected chi connectivity index (χ2v) is 9.16. The zero-order valence-corrected chi connectivity index (χ0v) is 20.3. The number of esters is 1. The predicted molar refractivity (Wildman–Crippen MR) is 134 cm³/mol. The lowest BCUT2D eigenvalue weighted by Crippen LogP contribution is -2.15. The van der Waals surface area contributed by atoms with Gasteiger partial charge in [-0.1, -0.05) is 58.7 Å². The summed E-state index contributed by atoms with van der Waals surface area (Å²) in [6.07, 6.45) is 4.48. The molecule has 0 unspecified atom stereocenters.